The summed E-state index contributed by atoms with van der Waals surface area (Å²) in [4.78, 5) is 15.9. The molecule has 6 rings (SSSR count). The minimum atomic E-state index is 0.729. The molecule has 5 aromatic heterocycles. The summed E-state index contributed by atoms with van der Waals surface area (Å²) in [7, 11) is 0. The Morgan fingerprint density at radius 2 is 1.74 bits per heavy atom. The number of rotatable bonds is 2. The van der Waals surface area contributed by atoms with Gasteiger partial charge in [-0.3, -0.25) is 5.10 Å². The van der Waals surface area contributed by atoms with Crippen LogP contribution in [0.15, 0.2) is 48.8 Å². The number of nitrogens with zero attached hydrogens (tertiary/aromatic N) is 6. The Morgan fingerprint density at radius 3 is 2.70 bits per heavy atom. The van der Waals surface area contributed by atoms with E-state index in [1.807, 2.05) is 36.4 Å². The SMILES string of the molecule is c1cc2[nH]c(-c3cnc4[nH]c(-c5ccc6nn[nH]c6c5)cc4n3)cc2nn1. The third-order valence-electron chi connectivity index (χ3n) is 4.54. The maximum atomic E-state index is 4.73. The first-order chi connectivity index (χ1) is 13.3. The normalized spacial score (nSPS) is 11.7. The van der Waals surface area contributed by atoms with Crippen molar-refractivity contribution in [1.29, 1.82) is 0 Å². The van der Waals surface area contributed by atoms with Gasteiger partial charge in [0.15, 0.2) is 5.65 Å². The largest absolute Gasteiger partial charge is 0.352 e. The van der Waals surface area contributed by atoms with Gasteiger partial charge in [-0.1, -0.05) is 11.3 Å². The van der Waals surface area contributed by atoms with Crippen molar-refractivity contribution in [3.63, 3.8) is 0 Å². The molecule has 0 unspecified atom stereocenters. The predicted octanol–water partition coefficient (Wildman–Crippen LogP) is 2.83. The highest BCUT2D eigenvalue weighted by Gasteiger charge is 2.11. The molecule has 6 aromatic rings. The van der Waals surface area contributed by atoms with Gasteiger partial charge in [-0.05, 0) is 30.3 Å². The zero-order chi connectivity index (χ0) is 17.8. The van der Waals surface area contributed by atoms with E-state index in [1.54, 1.807) is 12.4 Å². The van der Waals surface area contributed by atoms with E-state index in [0.29, 0.717) is 0 Å². The lowest BCUT2D eigenvalue weighted by molar-refractivity contribution is 0.959. The van der Waals surface area contributed by atoms with Gasteiger partial charge < -0.3 is 9.97 Å². The predicted molar refractivity (Wildman–Crippen MR) is 99.7 cm³/mol. The lowest BCUT2D eigenvalue weighted by atomic mass is 10.1. The van der Waals surface area contributed by atoms with E-state index >= 15 is 0 Å². The summed E-state index contributed by atoms with van der Waals surface area (Å²) in [6, 6.07) is 11.7. The Hall–Kier alpha value is -4.14. The molecular formula is C18H11N9. The van der Waals surface area contributed by atoms with E-state index in [0.717, 1.165) is 55.9 Å². The van der Waals surface area contributed by atoms with E-state index in [4.69, 9.17) is 4.98 Å². The van der Waals surface area contributed by atoms with Crippen LogP contribution in [-0.4, -0.2) is 45.5 Å². The van der Waals surface area contributed by atoms with Gasteiger partial charge in [0.1, 0.15) is 22.2 Å². The Kier molecular flexibility index (Phi) is 2.70. The maximum Gasteiger partial charge on any atom is 0.156 e. The average molecular weight is 353 g/mol. The van der Waals surface area contributed by atoms with Crippen LogP contribution in [0.5, 0.6) is 0 Å². The van der Waals surface area contributed by atoms with Gasteiger partial charge >= 0.3 is 0 Å². The number of hydrogen-bond donors (Lipinski definition) is 3. The topological polar surface area (TPSA) is 125 Å². The first-order valence-electron chi connectivity index (χ1n) is 8.31. The molecule has 0 saturated heterocycles. The van der Waals surface area contributed by atoms with Gasteiger partial charge in [-0.2, -0.15) is 5.10 Å². The summed E-state index contributed by atoms with van der Waals surface area (Å²) < 4.78 is 0. The zero-order valence-electron chi connectivity index (χ0n) is 13.8. The van der Waals surface area contributed by atoms with E-state index in [9.17, 15) is 0 Å². The summed E-state index contributed by atoms with van der Waals surface area (Å²) in [5.74, 6) is 0. The van der Waals surface area contributed by atoms with Crippen molar-refractivity contribution < 1.29 is 0 Å². The van der Waals surface area contributed by atoms with Crippen molar-refractivity contribution >= 4 is 33.2 Å². The van der Waals surface area contributed by atoms with Gasteiger partial charge in [0, 0.05) is 11.3 Å². The molecule has 128 valence electrons. The van der Waals surface area contributed by atoms with Crippen LogP contribution >= 0.6 is 0 Å². The number of nitrogens with one attached hydrogen (secondary N) is 3. The Bertz CT molecular complexity index is 1410. The van der Waals surface area contributed by atoms with Crippen LogP contribution in [0.1, 0.15) is 0 Å². The van der Waals surface area contributed by atoms with Crippen LogP contribution in [0.25, 0.3) is 55.9 Å². The van der Waals surface area contributed by atoms with Gasteiger partial charge in [0.2, 0.25) is 0 Å². The fourth-order valence-corrected chi connectivity index (χ4v) is 3.21. The molecule has 0 saturated carbocycles. The Labute approximate surface area is 150 Å². The van der Waals surface area contributed by atoms with Crippen LogP contribution in [-0.2, 0) is 0 Å². The average Bonchev–Trinajstić information content (AvgIpc) is 3.42. The molecule has 0 spiro atoms. The van der Waals surface area contributed by atoms with Crippen molar-refractivity contribution in [1.82, 2.24) is 45.5 Å². The fourth-order valence-electron chi connectivity index (χ4n) is 3.21. The Morgan fingerprint density at radius 1 is 0.778 bits per heavy atom. The molecule has 0 aliphatic heterocycles. The molecule has 0 bridgehead atoms. The van der Waals surface area contributed by atoms with Crippen molar-refractivity contribution in [2.75, 3.05) is 0 Å². The molecule has 0 fully saturated rings. The molecule has 0 atom stereocenters. The lowest BCUT2D eigenvalue weighted by Gasteiger charge is -1.96. The standard InChI is InChI=1S/C18H11N9/c1-2-11-14(26-27-25-11)5-9(1)12-6-16-18(23-12)19-8-17(22-16)13-7-15-10(21-13)3-4-20-24-15/h1-8,21H,(H,19,23)(H,25,26,27). The fraction of sp³-hybridized carbons (Fsp3) is 0. The van der Waals surface area contributed by atoms with Crippen molar-refractivity contribution in [2.45, 2.75) is 0 Å². The lowest BCUT2D eigenvalue weighted by Crippen LogP contribution is -1.86. The van der Waals surface area contributed by atoms with Gasteiger partial charge in [-0.25, -0.2) is 9.97 Å². The van der Waals surface area contributed by atoms with Gasteiger partial charge in [0.05, 0.1) is 29.1 Å². The molecule has 9 heteroatoms. The summed E-state index contributed by atoms with van der Waals surface area (Å²) in [6.45, 7) is 0. The minimum absolute atomic E-state index is 0.729. The summed E-state index contributed by atoms with van der Waals surface area (Å²) >= 11 is 0. The van der Waals surface area contributed by atoms with Crippen LogP contribution < -0.4 is 0 Å². The molecular weight excluding hydrogens is 342 g/mol. The smallest absolute Gasteiger partial charge is 0.156 e. The van der Waals surface area contributed by atoms with Gasteiger partial charge in [-0.15, -0.1) is 10.2 Å². The van der Waals surface area contributed by atoms with Crippen LogP contribution in [0.3, 0.4) is 0 Å². The molecule has 27 heavy (non-hydrogen) atoms. The third-order valence-corrected chi connectivity index (χ3v) is 4.54. The molecule has 0 amide bonds. The summed E-state index contributed by atoms with van der Waals surface area (Å²) in [5.41, 5.74) is 8.48. The highest BCUT2D eigenvalue weighted by molar-refractivity contribution is 5.86. The number of benzene rings is 1. The highest BCUT2D eigenvalue weighted by Crippen LogP contribution is 2.26. The third kappa shape index (κ3) is 2.18. The first kappa shape index (κ1) is 14.1. The first-order valence-corrected chi connectivity index (χ1v) is 8.31. The molecule has 0 aliphatic rings. The molecule has 1 aromatic carbocycles. The number of aromatic amines is 3. The minimum Gasteiger partial charge on any atom is -0.352 e. The number of aromatic nitrogens is 9. The van der Waals surface area contributed by atoms with Crippen LogP contribution in [0.2, 0.25) is 0 Å². The van der Waals surface area contributed by atoms with E-state index in [1.165, 1.54) is 0 Å². The van der Waals surface area contributed by atoms with Crippen LogP contribution in [0.4, 0.5) is 0 Å². The second kappa shape index (κ2) is 5.18. The van der Waals surface area contributed by atoms with Crippen LogP contribution in [0, 0.1) is 0 Å². The molecule has 5 heterocycles. The quantitative estimate of drug-likeness (QED) is 0.439. The molecule has 0 radical (unpaired) electrons. The summed E-state index contributed by atoms with van der Waals surface area (Å²) in [5, 5.41) is 18.7. The van der Waals surface area contributed by atoms with E-state index in [-0.39, 0.29) is 0 Å². The highest BCUT2D eigenvalue weighted by atomic mass is 15.3. The van der Waals surface area contributed by atoms with E-state index in [2.05, 4.69) is 40.6 Å². The second-order valence-electron chi connectivity index (χ2n) is 6.23. The van der Waals surface area contributed by atoms with E-state index < -0.39 is 0 Å². The number of fused-ring (bicyclic) bond motifs is 3. The zero-order valence-corrected chi connectivity index (χ0v) is 13.8. The molecule has 0 aliphatic carbocycles. The molecule has 3 N–H and O–H groups in total. The van der Waals surface area contributed by atoms with Crippen molar-refractivity contribution in [3.8, 4) is 22.6 Å². The second-order valence-corrected chi connectivity index (χ2v) is 6.23. The number of hydrogen-bond acceptors (Lipinski definition) is 6. The molecule has 9 nitrogen and oxygen atoms in total. The monoisotopic (exact) mass is 353 g/mol. The van der Waals surface area contributed by atoms with Crippen molar-refractivity contribution in [3.05, 3.63) is 48.8 Å². The Balaban J connectivity index is 1.46. The van der Waals surface area contributed by atoms with Crippen molar-refractivity contribution in [2.24, 2.45) is 0 Å². The summed E-state index contributed by atoms with van der Waals surface area (Å²) in [6.07, 6.45) is 3.39. The van der Waals surface area contributed by atoms with Gasteiger partial charge in [0.25, 0.3) is 0 Å². The number of H-pyrrole nitrogens is 3. The maximum absolute atomic E-state index is 4.73.